The minimum Gasteiger partial charge on any atom is -0.309 e. The van der Waals surface area contributed by atoms with Crippen molar-refractivity contribution in [2.75, 3.05) is 0 Å². The van der Waals surface area contributed by atoms with Gasteiger partial charge in [0, 0.05) is 33.3 Å². The Balaban J connectivity index is 1.02. The molecule has 0 bridgehead atoms. The largest absolute Gasteiger partial charge is 0.309 e. The molecule has 0 N–H and O–H groups in total. The lowest BCUT2D eigenvalue weighted by Crippen LogP contribution is -2.10. The molecule has 10 aromatic rings. The zero-order valence-corrected chi connectivity index (χ0v) is 36.3. The molecule has 0 saturated carbocycles. The fraction of sp³-hybridized carbons (Fsp3) is 0.138. The minimum absolute atomic E-state index is 0.0548. The van der Waals surface area contributed by atoms with Gasteiger partial charge < -0.3 is 4.57 Å². The number of fused-ring (bicyclic) bond motifs is 3. The van der Waals surface area contributed by atoms with Crippen molar-refractivity contribution in [1.82, 2.24) is 19.3 Å². The first-order valence-electron chi connectivity index (χ1n) is 21.6. The molecule has 0 amide bonds. The third kappa shape index (κ3) is 7.02. The van der Waals surface area contributed by atoms with Crippen LogP contribution < -0.4 is 0 Å². The van der Waals surface area contributed by atoms with E-state index in [9.17, 15) is 0 Å². The van der Waals surface area contributed by atoms with E-state index in [0.717, 1.165) is 39.7 Å². The number of nitrogens with zero attached hydrogens (tertiary/aromatic N) is 4. The number of hydrogen-bond donors (Lipinski definition) is 0. The van der Waals surface area contributed by atoms with E-state index in [4.69, 9.17) is 10.2 Å². The SMILES string of the molecule is CC(C)(C)c1ccc2c(c1)c1cc(C(C)(C)C)ccc1n2-c1ccc(-c2ccccc2-c2ccccc2-c2ccc(-c3nnc(-c4ccccc4)n3-c3ccccc3)cc2)cc1. The Morgan fingerprint density at radius 2 is 0.694 bits per heavy atom. The van der Waals surface area contributed by atoms with Gasteiger partial charge in [0.05, 0.1) is 11.0 Å². The summed E-state index contributed by atoms with van der Waals surface area (Å²) in [4.78, 5) is 0. The standard InChI is InChI=1S/C58H50N4/c1-57(2,3)43-31-35-53-51(37-43)52-38-44(58(4,5)6)32-36-54(52)61(53)46-33-29-40(30-34-46)48-22-14-16-24-50(48)49-23-15-13-21-47(49)39-25-27-42(28-26-39)56-60-59-55(41-17-9-7-10-18-41)62(56)45-19-11-8-12-20-45/h7-38H,1-6H3. The molecule has 10 rings (SSSR count). The third-order valence-corrected chi connectivity index (χ3v) is 12.2. The lowest BCUT2D eigenvalue weighted by Gasteiger charge is -2.19. The van der Waals surface area contributed by atoms with E-state index < -0.39 is 0 Å². The zero-order valence-electron chi connectivity index (χ0n) is 36.3. The van der Waals surface area contributed by atoms with Gasteiger partial charge in [-0.1, -0.05) is 187 Å². The molecule has 302 valence electrons. The van der Waals surface area contributed by atoms with Crippen LogP contribution >= 0.6 is 0 Å². The lowest BCUT2D eigenvalue weighted by atomic mass is 9.85. The molecule has 0 fully saturated rings. The summed E-state index contributed by atoms with van der Waals surface area (Å²) in [6.07, 6.45) is 0. The Hall–Kier alpha value is -7.30. The van der Waals surface area contributed by atoms with Gasteiger partial charge in [0.25, 0.3) is 0 Å². The molecule has 2 aromatic heterocycles. The van der Waals surface area contributed by atoms with E-state index in [-0.39, 0.29) is 10.8 Å². The van der Waals surface area contributed by atoms with Gasteiger partial charge in [0.15, 0.2) is 11.6 Å². The number of benzene rings is 8. The van der Waals surface area contributed by atoms with E-state index >= 15 is 0 Å². The normalized spacial score (nSPS) is 12.0. The van der Waals surface area contributed by atoms with E-state index in [1.807, 2.05) is 24.3 Å². The molecular formula is C58H50N4. The van der Waals surface area contributed by atoms with Crippen LogP contribution in [0.15, 0.2) is 194 Å². The molecule has 0 aliphatic carbocycles. The average Bonchev–Trinajstić information content (AvgIpc) is 3.89. The molecule has 0 saturated heterocycles. The summed E-state index contributed by atoms with van der Waals surface area (Å²) in [5, 5.41) is 12.0. The Morgan fingerprint density at radius 1 is 0.323 bits per heavy atom. The maximum atomic E-state index is 4.74. The molecule has 2 heterocycles. The molecular weight excluding hydrogens is 753 g/mol. The van der Waals surface area contributed by atoms with Gasteiger partial charge in [-0.25, -0.2) is 0 Å². The van der Waals surface area contributed by atoms with Crippen LogP contribution in [0.1, 0.15) is 52.7 Å². The molecule has 0 aliphatic rings. The highest BCUT2D eigenvalue weighted by molar-refractivity contribution is 6.10. The second-order valence-electron chi connectivity index (χ2n) is 18.4. The van der Waals surface area contributed by atoms with Crippen molar-refractivity contribution in [1.29, 1.82) is 0 Å². The summed E-state index contributed by atoms with van der Waals surface area (Å²) < 4.78 is 4.58. The van der Waals surface area contributed by atoms with Crippen molar-refractivity contribution < 1.29 is 0 Å². The van der Waals surface area contributed by atoms with Crippen molar-refractivity contribution in [2.24, 2.45) is 0 Å². The fourth-order valence-electron chi connectivity index (χ4n) is 8.83. The molecule has 4 nitrogen and oxygen atoms in total. The first-order valence-corrected chi connectivity index (χ1v) is 21.6. The predicted octanol–water partition coefficient (Wildman–Crippen LogP) is 15.3. The van der Waals surface area contributed by atoms with E-state index in [1.54, 1.807) is 0 Å². The van der Waals surface area contributed by atoms with Gasteiger partial charge in [-0.05, 0) is 104 Å². The Morgan fingerprint density at radius 3 is 1.16 bits per heavy atom. The molecule has 0 spiro atoms. The van der Waals surface area contributed by atoms with Crippen molar-refractivity contribution in [3.8, 4) is 67.5 Å². The first-order chi connectivity index (χ1) is 30.0. The Labute approximate surface area is 364 Å². The minimum atomic E-state index is 0.0548. The summed E-state index contributed by atoms with van der Waals surface area (Å²) in [5.41, 5.74) is 16.5. The van der Waals surface area contributed by atoms with Crippen molar-refractivity contribution in [2.45, 2.75) is 52.4 Å². The second-order valence-corrected chi connectivity index (χ2v) is 18.4. The van der Waals surface area contributed by atoms with Crippen LogP contribution in [0, 0.1) is 0 Å². The smallest absolute Gasteiger partial charge is 0.168 e. The van der Waals surface area contributed by atoms with Crippen molar-refractivity contribution in [3.63, 3.8) is 0 Å². The number of para-hydroxylation sites is 1. The molecule has 0 unspecified atom stereocenters. The van der Waals surface area contributed by atoms with Gasteiger partial charge in [0.1, 0.15) is 0 Å². The van der Waals surface area contributed by atoms with Crippen molar-refractivity contribution in [3.05, 3.63) is 205 Å². The fourth-order valence-corrected chi connectivity index (χ4v) is 8.83. The maximum Gasteiger partial charge on any atom is 0.168 e. The topological polar surface area (TPSA) is 35.6 Å². The highest BCUT2D eigenvalue weighted by atomic mass is 15.3. The van der Waals surface area contributed by atoms with Crippen LogP contribution in [0.4, 0.5) is 0 Å². The molecule has 0 radical (unpaired) electrons. The third-order valence-electron chi connectivity index (χ3n) is 12.2. The quantitative estimate of drug-likeness (QED) is 0.161. The maximum absolute atomic E-state index is 4.74. The van der Waals surface area contributed by atoms with Gasteiger partial charge in [-0.3, -0.25) is 4.57 Å². The second kappa shape index (κ2) is 15.3. The first kappa shape index (κ1) is 38.9. The number of hydrogen-bond acceptors (Lipinski definition) is 2. The summed E-state index contributed by atoms with van der Waals surface area (Å²) in [5.74, 6) is 1.61. The molecule has 8 aromatic carbocycles. The number of rotatable bonds is 7. The summed E-state index contributed by atoms with van der Waals surface area (Å²) in [6.45, 7) is 13.8. The molecule has 4 heteroatoms. The monoisotopic (exact) mass is 802 g/mol. The van der Waals surface area contributed by atoms with Crippen LogP contribution in [0.2, 0.25) is 0 Å². The van der Waals surface area contributed by atoms with Crippen LogP contribution in [-0.4, -0.2) is 19.3 Å². The highest BCUT2D eigenvalue weighted by Crippen LogP contribution is 2.41. The van der Waals surface area contributed by atoms with Gasteiger partial charge in [-0.2, -0.15) is 0 Å². The van der Waals surface area contributed by atoms with Crippen LogP contribution in [0.5, 0.6) is 0 Å². The zero-order chi connectivity index (χ0) is 42.6. The van der Waals surface area contributed by atoms with Crippen LogP contribution in [0.3, 0.4) is 0 Å². The number of aromatic nitrogens is 4. The highest BCUT2D eigenvalue weighted by Gasteiger charge is 2.22. The summed E-state index contributed by atoms with van der Waals surface area (Å²) >= 11 is 0. The van der Waals surface area contributed by atoms with E-state index in [0.29, 0.717) is 0 Å². The van der Waals surface area contributed by atoms with E-state index in [2.05, 4.69) is 221 Å². The van der Waals surface area contributed by atoms with Gasteiger partial charge in [0.2, 0.25) is 0 Å². The molecule has 62 heavy (non-hydrogen) atoms. The van der Waals surface area contributed by atoms with Gasteiger partial charge >= 0.3 is 0 Å². The Bertz CT molecular complexity index is 3140. The summed E-state index contributed by atoms with van der Waals surface area (Å²) in [7, 11) is 0. The molecule has 0 aliphatic heterocycles. The van der Waals surface area contributed by atoms with E-state index in [1.165, 1.54) is 60.8 Å². The lowest BCUT2D eigenvalue weighted by molar-refractivity contribution is 0.590. The average molecular weight is 803 g/mol. The van der Waals surface area contributed by atoms with Crippen molar-refractivity contribution >= 4 is 21.8 Å². The Kier molecular flexibility index (Phi) is 9.60. The summed E-state index contributed by atoms with van der Waals surface area (Å²) in [6, 6.07) is 70.0. The van der Waals surface area contributed by atoms with Crippen LogP contribution in [0.25, 0.3) is 89.3 Å². The van der Waals surface area contributed by atoms with Gasteiger partial charge in [-0.15, -0.1) is 10.2 Å². The predicted molar refractivity (Wildman–Crippen MR) is 260 cm³/mol. The van der Waals surface area contributed by atoms with Crippen LogP contribution in [-0.2, 0) is 10.8 Å². The molecule has 0 atom stereocenters.